The lowest BCUT2D eigenvalue weighted by Crippen LogP contribution is -2.36. The van der Waals surface area contributed by atoms with Gasteiger partial charge < -0.3 is 4.74 Å². The second-order valence-electron chi connectivity index (χ2n) is 7.18. The van der Waals surface area contributed by atoms with E-state index < -0.39 is 0 Å². The lowest BCUT2D eigenvalue weighted by molar-refractivity contribution is -0.162. The molecule has 3 unspecified atom stereocenters. The highest BCUT2D eigenvalue weighted by molar-refractivity contribution is 5.92. The normalized spacial score (nSPS) is 33.1. The van der Waals surface area contributed by atoms with E-state index in [1.54, 1.807) is 0 Å². The van der Waals surface area contributed by atoms with E-state index in [1.807, 2.05) is 26.0 Å². The van der Waals surface area contributed by atoms with Crippen molar-refractivity contribution in [3.05, 3.63) is 12.2 Å². The number of hydrogen-bond acceptors (Lipinski definition) is 3. The predicted molar refractivity (Wildman–Crippen MR) is 76.0 cm³/mol. The van der Waals surface area contributed by atoms with Crippen molar-refractivity contribution in [1.29, 1.82) is 0 Å². The number of fused-ring (bicyclic) bond motifs is 2. The van der Waals surface area contributed by atoms with Crippen LogP contribution in [0.3, 0.4) is 0 Å². The summed E-state index contributed by atoms with van der Waals surface area (Å²) < 4.78 is 5.75. The molecule has 2 bridgehead atoms. The molecule has 110 valence electrons. The SMILES string of the molecule is CC(C)(OC(=O)CC1CC2C=CC1C2=O)C1CCCC1. The number of carbonyl (C=O) groups is 2. The third-order valence-electron chi connectivity index (χ3n) is 5.45. The first kappa shape index (κ1) is 13.8. The van der Waals surface area contributed by atoms with Crippen LogP contribution in [0.5, 0.6) is 0 Å². The van der Waals surface area contributed by atoms with Crippen LogP contribution in [0.4, 0.5) is 0 Å². The van der Waals surface area contributed by atoms with E-state index >= 15 is 0 Å². The van der Waals surface area contributed by atoms with Gasteiger partial charge in [-0.05, 0) is 44.9 Å². The van der Waals surface area contributed by atoms with Crippen LogP contribution in [0.25, 0.3) is 0 Å². The molecular formula is C17H24O3. The molecule has 2 saturated carbocycles. The van der Waals surface area contributed by atoms with Gasteiger partial charge in [-0.3, -0.25) is 9.59 Å². The monoisotopic (exact) mass is 276 g/mol. The largest absolute Gasteiger partial charge is 0.459 e. The van der Waals surface area contributed by atoms with E-state index in [1.165, 1.54) is 12.8 Å². The van der Waals surface area contributed by atoms with Crippen molar-refractivity contribution in [1.82, 2.24) is 0 Å². The van der Waals surface area contributed by atoms with Gasteiger partial charge in [0.1, 0.15) is 11.4 Å². The summed E-state index contributed by atoms with van der Waals surface area (Å²) in [6, 6.07) is 0. The van der Waals surface area contributed by atoms with Crippen LogP contribution in [-0.2, 0) is 14.3 Å². The van der Waals surface area contributed by atoms with Gasteiger partial charge in [0.15, 0.2) is 0 Å². The number of allylic oxidation sites excluding steroid dienone is 2. The van der Waals surface area contributed by atoms with Crippen LogP contribution < -0.4 is 0 Å². The van der Waals surface area contributed by atoms with Gasteiger partial charge in [0.25, 0.3) is 0 Å². The average Bonchev–Trinajstić information content (AvgIpc) is 3.06. The van der Waals surface area contributed by atoms with Gasteiger partial charge >= 0.3 is 5.97 Å². The quantitative estimate of drug-likeness (QED) is 0.584. The Morgan fingerprint density at radius 2 is 2.00 bits per heavy atom. The fourth-order valence-electron chi connectivity index (χ4n) is 4.21. The Morgan fingerprint density at radius 3 is 2.55 bits per heavy atom. The molecule has 0 radical (unpaired) electrons. The number of hydrogen-bond donors (Lipinski definition) is 0. The molecule has 2 fully saturated rings. The maximum Gasteiger partial charge on any atom is 0.306 e. The van der Waals surface area contributed by atoms with E-state index in [-0.39, 0.29) is 29.3 Å². The van der Waals surface area contributed by atoms with Crippen LogP contribution >= 0.6 is 0 Å². The Kier molecular flexibility index (Phi) is 3.47. The zero-order valence-corrected chi connectivity index (χ0v) is 12.4. The molecule has 0 saturated heterocycles. The minimum atomic E-state index is -0.356. The van der Waals surface area contributed by atoms with Crippen LogP contribution in [0.2, 0.25) is 0 Å². The molecule has 0 aromatic rings. The molecule has 20 heavy (non-hydrogen) atoms. The van der Waals surface area contributed by atoms with Crippen molar-refractivity contribution in [3.8, 4) is 0 Å². The number of carbonyl (C=O) groups excluding carboxylic acids is 2. The van der Waals surface area contributed by atoms with Crippen molar-refractivity contribution in [2.45, 2.75) is 58.0 Å². The maximum atomic E-state index is 12.2. The number of rotatable bonds is 4. The van der Waals surface area contributed by atoms with Crippen molar-refractivity contribution in [3.63, 3.8) is 0 Å². The third kappa shape index (κ3) is 2.43. The molecule has 3 atom stereocenters. The number of Topliss-reactive ketones (excluding diaryl/α,β-unsaturated/α-hetero) is 1. The van der Waals surface area contributed by atoms with Gasteiger partial charge in [-0.1, -0.05) is 25.0 Å². The average molecular weight is 276 g/mol. The minimum absolute atomic E-state index is 0.0258. The standard InChI is InChI=1S/C17H24O3/c1-17(2,13-5-3-4-6-13)20-15(18)10-12-9-11-7-8-14(12)16(11)19/h7-8,11-14H,3-6,9-10H2,1-2H3. The summed E-state index contributed by atoms with van der Waals surface area (Å²) in [5.74, 6) is 0.888. The molecule has 0 aromatic carbocycles. The van der Waals surface area contributed by atoms with Crippen molar-refractivity contribution >= 4 is 11.8 Å². The molecule has 0 heterocycles. The molecule has 0 amide bonds. The fourth-order valence-corrected chi connectivity index (χ4v) is 4.21. The summed E-state index contributed by atoms with van der Waals surface area (Å²) in [7, 11) is 0. The van der Waals surface area contributed by atoms with Crippen LogP contribution in [-0.4, -0.2) is 17.4 Å². The van der Waals surface area contributed by atoms with E-state index in [2.05, 4.69) is 0 Å². The van der Waals surface area contributed by atoms with Gasteiger partial charge in [-0.25, -0.2) is 0 Å². The Bertz CT molecular complexity index is 443. The van der Waals surface area contributed by atoms with E-state index in [0.717, 1.165) is 19.3 Å². The predicted octanol–water partition coefficient (Wildman–Crippen LogP) is 3.28. The van der Waals surface area contributed by atoms with Gasteiger partial charge in [-0.2, -0.15) is 0 Å². The highest BCUT2D eigenvalue weighted by atomic mass is 16.6. The first-order valence-electron chi connectivity index (χ1n) is 7.91. The summed E-state index contributed by atoms with van der Waals surface area (Å²) >= 11 is 0. The molecule has 3 nitrogen and oxygen atoms in total. The molecule has 3 aliphatic rings. The molecular weight excluding hydrogens is 252 g/mol. The summed E-state index contributed by atoms with van der Waals surface area (Å²) in [4.78, 5) is 24.0. The van der Waals surface area contributed by atoms with Gasteiger partial charge in [0, 0.05) is 18.3 Å². The highest BCUT2D eigenvalue weighted by Gasteiger charge is 2.45. The van der Waals surface area contributed by atoms with Crippen LogP contribution in [0, 0.1) is 23.7 Å². The van der Waals surface area contributed by atoms with Gasteiger partial charge in [0.2, 0.25) is 0 Å². The van der Waals surface area contributed by atoms with Crippen LogP contribution in [0.1, 0.15) is 52.4 Å². The van der Waals surface area contributed by atoms with Crippen LogP contribution in [0.15, 0.2) is 12.2 Å². The first-order valence-corrected chi connectivity index (χ1v) is 7.91. The first-order chi connectivity index (χ1) is 9.47. The molecule has 0 aliphatic heterocycles. The topological polar surface area (TPSA) is 43.4 Å². The molecule has 0 N–H and O–H groups in total. The molecule has 3 aliphatic carbocycles. The summed E-state index contributed by atoms with van der Waals surface area (Å²) in [5, 5.41) is 0. The smallest absolute Gasteiger partial charge is 0.306 e. The second-order valence-corrected chi connectivity index (χ2v) is 7.18. The fraction of sp³-hybridized carbons (Fsp3) is 0.765. The molecule has 0 spiro atoms. The Labute approximate surface area is 120 Å². The number of esters is 1. The lowest BCUT2D eigenvalue weighted by atomic mass is 9.88. The Balaban J connectivity index is 1.55. The maximum absolute atomic E-state index is 12.2. The highest BCUT2D eigenvalue weighted by Crippen LogP contribution is 2.43. The molecule has 3 rings (SSSR count). The zero-order valence-electron chi connectivity index (χ0n) is 12.4. The molecule has 0 aromatic heterocycles. The van der Waals surface area contributed by atoms with Gasteiger partial charge in [-0.15, -0.1) is 0 Å². The lowest BCUT2D eigenvalue weighted by Gasteiger charge is -2.32. The summed E-state index contributed by atoms with van der Waals surface area (Å²) in [6.45, 7) is 4.07. The summed E-state index contributed by atoms with van der Waals surface area (Å²) in [5.41, 5.74) is -0.356. The van der Waals surface area contributed by atoms with Crippen molar-refractivity contribution < 1.29 is 14.3 Å². The second kappa shape index (κ2) is 5.01. The Hall–Kier alpha value is -1.12. The number of ether oxygens (including phenoxy) is 1. The van der Waals surface area contributed by atoms with Crippen molar-refractivity contribution in [2.75, 3.05) is 0 Å². The number of ketones is 1. The minimum Gasteiger partial charge on any atom is -0.459 e. The van der Waals surface area contributed by atoms with E-state index in [0.29, 0.717) is 18.1 Å². The zero-order chi connectivity index (χ0) is 14.3. The Morgan fingerprint density at radius 1 is 1.30 bits per heavy atom. The van der Waals surface area contributed by atoms with E-state index in [4.69, 9.17) is 4.74 Å². The van der Waals surface area contributed by atoms with Gasteiger partial charge in [0.05, 0.1) is 0 Å². The molecule has 3 heteroatoms. The van der Waals surface area contributed by atoms with E-state index in [9.17, 15) is 9.59 Å². The van der Waals surface area contributed by atoms with Crippen molar-refractivity contribution in [2.24, 2.45) is 23.7 Å². The third-order valence-corrected chi connectivity index (χ3v) is 5.45. The summed E-state index contributed by atoms with van der Waals surface area (Å²) in [6.07, 6.45) is 10.0.